The zero-order valence-corrected chi connectivity index (χ0v) is 14.8. The van der Waals surface area contributed by atoms with Crippen LogP contribution in [0.25, 0.3) is 33.1 Å². The lowest BCUT2D eigenvalue weighted by atomic mass is 10.1. The van der Waals surface area contributed by atoms with Crippen molar-refractivity contribution in [2.45, 2.75) is 0 Å². The minimum Gasteiger partial charge on any atom is -0.311 e. The summed E-state index contributed by atoms with van der Waals surface area (Å²) in [6.07, 6.45) is 3.67. The molecule has 0 bridgehead atoms. The first kappa shape index (κ1) is 15.1. The van der Waals surface area contributed by atoms with Crippen molar-refractivity contribution in [1.29, 1.82) is 0 Å². The largest absolute Gasteiger partial charge is 0.311 e. The number of hydrogen-bond acceptors (Lipinski definition) is 3. The summed E-state index contributed by atoms with van der Waals surface area (Å²) in [5, 5.41) is 0.888. The molecule has 0 N–H and O–H groups in total. The Hall–Kier alpha value is -3.99. The van der Waals surface area contributed by atoms with Gasteiger partial charge in [0.05, 0.1) is 21.9 Å². The first-order chi connectivity index (χ1) is 13.8. The van der Waals surface area contributed by atoms with Gasteiger partial charge in [-0.25, -0.2) is 9.97 Å². The van der Waals surface area contributed by atoms with Gasteiger partial charge in [-0.15, -0.1) is 0 Å². The molecular weight excluding hydrogens is 348 g/mol. The number of rotatable bonds is 2. The molecule has 6 rings (SSSR count). The van der Waals surface area contributed by atoms with Gasteiger partial charge < -0.3 is 4.40 Å². The summed E-state index contributed by atoms with van der Waals surface area (Å²) in [6, 6.07) is 23.2. The lowest BCUT2D eigenvalue weighted by Crippen LogP contribution is -2.06. The normalized spacial score (nSPS) is 11.7. The third kappa shape index (κ3) is 1.93. The number of fused-ring (bicyclic) bond motifs is 7. The number of carbonyl (C=O) groups is 1. The van der Waals surface area contributed by atoms with E-state index in [4.69, 9.17) is 9.97 Å². The summed E-state index contributed by atoms with van der Waals surface area (Å²) in [4.78, 5) is 22.9. The molecule has 4 heterocycles. The molecule has 0 atom stereocenters. The first-order valence-corrected chi connectivity index (χ1v) is 9.07. The summed E-state index contributed by atoms with van der Waals surface area (Å²) in [5.74, 6) is -0.0511. The molecule has 28 heavy (non-hydrogen) atoms. The van der Waals surface area contributed by atoms with Gasteiger partial charge in [0.1, 0.15) is 17.5 Å². The van der Waals surface area contributed by atoms with Gasteiger partial charge in [-0.3, -0.25) is 9.20 Å². The molecule has 2 aromatic carbocycles. The van der Waals surface area contributed by atoms with Crippen LogP contribution in [0.4, 0.5) is 0 Å². The van der Waals surface area contributed by atoms with Gasteiger partial charge in [-0.05, 0) is 24.3 Å². The second-order valence-electron chi connectivity index (χ2n) is 6.76. The molecule has 0 unspecified atom stereocenters. The SMILES string of the molecule is O=C(c1ccccc1)c1c2ncn3c4ccccc4nc3c2c2ccccn12. The van der Waals surface area contributed by atoms with Gasteiger partial charge >= 0.3 is 0 Å². The topological polar surface area (TPSA) is 51.7 Å². The van der Waals surface area contributed by atoms with Crippen LogP contribution in [0.2, 0.25) is 0 Å². The smallest absolute Gasteiger partial charge is 0.211 e. The van der Waals surface area contributed by atoms with E-state index in [1.807, 2.05) is 87.8 Å². The number of carbonyl (C=O) groups excluding carboxylic acids is 1. The van der Waals surface area contributed by atoms with E-state index in [0.717, 1.165) is 27.6 Å². The fourth-order valence-corrected chi connectivity index (χ4v) is 3.94. The maximum Gasteiger partial charge on any atom is 0.211 e. The summed E-state index contributed by atoms with van der Waals surface area (Å²) >= 11 is 0. The number of aromatic nitrogens is 4. The summed E-state index contributed by atoms with van der Waals surface area (Å²) in [6.45, 7) is 0. The third-order valence-corrected chi connectivity index (χ3v) is 5.19. The zero-order valence-electron chi connectivity index (χ0n) is 14.8. The molecule has 6 aromatic rings. The highest BCUT2D eigenvalue weighted by Gasteiger charge is 2.23. The highest BCUT2D eigenvalue weighted by atomic mass is 16.1. The van der Waals surface area contributed by atoms with Crippen molar-refractivity contribution in [2.24, 2.45) is 0 Å². The van der Waals surface area contributed by atoms with Crippen molar-refractivity contribution >= 4 is 38.9 Å². The van der Waals surface area contributed by atoms with Crippen LogP contribution in [-0.2, 0) is 0 Å². The summed E-state index contributed by atoms with van der Waals surface area (Å²) in [7, 11) is 0. The van der Waals surface area contributed by atoms with Crippen LogP contribution >= 0.6 is 0 Å². The van der Waals surface area contributed by atoms with Crippen LogP contribution in [-0.4, -0.2) is 24.6 Å². The Morgan fingerprint density at radius 3 is 2.43 bits per heavy atom. The molecule has 0 saturated heterocycles. The minimum absolute atomic E-state index is 0.0511. The maximum absolute atomic E-state index is 13.4. The predicted octanol–water partition coefficient (Wildman–Crippen LogP) is 4.52. The van der Waals surface area contributed by atoms with Gasteiger partial charge in [-0.2, -0.15) is 0 Å². The van der Waals surface area contributed by atoms with E-state index in [1.54, 1.807) is 6.33 Å². The summed E-state index contributed by atoms with van der Waals surface area (Å²) < 4.78 is 3.91. The number of hydrogen-bond donors (Lipinski definition) is 0. The van der Waals surface area contributed by atoms with Crippen molar-refractivity contribution in [1.82, 2.24) is 18.8 Å². The number of nitrogens with zero attached hydrogens (tertiary/aromatic N) is 4. The average Bonchev–Trinajstić information content (AvgIpc) is 3.29. The Morgan fingerprint density at radius 1 is 0.786 bits per heavy atom. The molecular formula is C23H14N4O. The van der Waals surface area contributed by atoms with E-state index < -0.39 is 0 Å². The third-order valence-electron chi connectivity index (χ3n) is 5.19. The molecule has 5 nitrogen and oxygen atoms in total. The Morgan fingerprint density at radius 2 is 1.54 bits per heavy atom. The molecule has 0 aliphatic carbocycles. The molecule has 0 saturated carbocycles. The highest BCUT2D eigenvalue weighted by molar-refractivity contribution is 6.20. The zero-order chi connectivity index (χ0) is 18.7. The highest BCUT2D eigenvalue weighted by Crippen LogP contribution is 2.31. The van der Waals surface area contributed by atoms with E-state index in [-0.39, 0.29) is 5.78 Å². The number of pyridine rings is 1. The van der Waals surface area contributed by atoms with Crippen LogP contribution in [0.15, 0.2) is 85.3 Å². The summed E-state index contributed by atoms with van der Waals surface area (Å²) in [5.41, 5.74) is 5.50. The Bertz CT molecular complexity index is 1530. The quantitative estimate of drug-likeness (QED) is 0.426. The van der Waals surface area contributed by atoms with E-state index in [0.29, 0.717) is 16.8 Å². The maximum atomic E-state index is 13.4. The standard InChI is InChI=1S/C23H14N4O/c28-22(15-8-2-1-3-9-15)21-20-19(18-12-6-7-13-26(18)21)23-25-16-10-4-5-11-17(16)27(23)14-24-20/h1-14H. The fourth-order valence-electron chi connectivity index (χ4n) is 3.94. The van der Waals surface area contributed by atoms with Crippen LogP contribution < -0.4 is 0 Å². The second kappa shape index (κ2) is 5.50. The molecule has 0 fully saturated rings. The van der Waals surface area contributed by atoms with E-state index in [1.165, 1.54) is 0 Å². The van der Waals surface area contributed by atoms with E-state index in [9.17, 15) is 4.79 Å². The van der Waals surface area contributed by atoms with Gasteiger partial charge in [0, 0.05) is 11.8 Å². The molecule has 0 radical (unpaired) electrons. The van der Waals surface area contributed by atoms with Crippen LogP contribution in [0, 0.1) is 0 Å². The Balaban J connectivity index is 1.80. The van der Waals surface area contributed by atoms with Crippen molar-refractivity contribution in [3.63, 3.8) is 0 Å². The Kier molecular flexibility index (Phi) is 2.97. The van der Waals surface area contributed by atoms with Gasteiger partial charge in [0.25, 0.3) is 0 Å². The van der Waals surface area contributed by atoms with Crippen molar-refractivity contribution < 1.29 is 4.79 Å². The molecule has 4 aromatic heterocycles. The molecule has 0 aliphatic heterocycles. The predicted molar refractivity (Wildman–Crippen MR) is 109 cm³/mol. The van der Waals surface area contributed by atoms with Crippen molar-refractivity contribution in [2.75, 3.05) is 0 Å². The molecule has 5 heteroatoms. The van der Waals surface area contributed by atoms with E-state index in [2.05, 4.69) is 0 Å². The first-order valence-electron chi connectivity index (χ1n) is 9.07. The monoisotopic (exact) mass is 362 g/mol. The van der Waals surface area contributed by atoms with Crippen molar-refractivity contribution in [3.05, 3.63) is 96.6 Å². The number of para-hydroxylation sites is 2. The number of imidazole rings is 1. The fraction of sp³-hybridized carbons (Fsp3) is 0. The molecule has 0 amide bonds. The lowest BCUT2D eigenvalue weighted by Gasteiger charge is -2.02. The molecule has 0 aliphatic rings. The van der Waals surface area contributed by atoms with Crippen molar-refractivity contribution in [3.8, 4) is 0 Å². The average molecular weight is 362 g/mol. The van der Waals surface area contributed by atoms with Crippen LogP contribution in [0.3, 0.4) is 0 Å². The van der Waals surface area contributed by atoms with Gasteiger partial charge in [0.15, 0.2) is 5.65 Å². The molecule has 132 valence electrons. The van der Waals surface area contributed by atoms with Crippen LogP contribution in [0.1, 0.15) is 16.1 Å². The van der Waals surface area contributed by atoms with Crippen LogP contribution in [0.5, 0.6) is 0 Å². The van der Waals surface area contributed by atoms with E-state index >= 15 is 0 Å². The lowest BCUT2D eigenvalue weighted by molar-refractivity contribution is 0.103. The second-order valence-corrected chi connectivity index (χ2v) is 6.76. The molecule has 0 spiro atoms. The number of benzene rings is 2. The minimum atomic E-state index is -0.0511. The van der Waals surface area contributed by atoms with Gasteiger partial charge in [-0.1, -0.05) is 48.5 Å². The number of ketones is 1. The van der Waals surface area contributed by atoms with Gasteiger partial charge in [0.2, 0.25) is 5.78 Å². The Labute approximate surface area is 159 Å².